The van der Waals surface area contributed by atoms with E-state index in [0.29, 0.717) is 6.42 Å². The van der Waals surface area contributed by atoms with Crippen LogP contribution in [0.1, 0.15) is 16.7 Å². The van der Waals surface area contributed by atoms with Crippen molar-refractivity contribution in [1.82, 2.24) is 5.32 Å². The Bertz CT molecular complexity index is 452. The molecule has 2 amide bonds. The standard InChI is InChI=1S/C14H20N2O3/c1-9-5-4-6-10(2)11(9)7-12(14(15)18)16-13(17)8-19-3/h4-6,12H,7-8H2,1-3H3,(H2,15,18)(H,16,17)/t12-/m1/s1. The number of ether oxygens (including phenoxy) is 1. The molecule has 0 aliphatic heterocycles. The topological polar surface area (TPSA) is 81.4 Å². The summed E-state index contributed by atoms with van der Waals surface area (Å²) >= 11 is 0. The molecule has 0 unspecified atom stereocenters. The first-order chi connectivity index (χ1) is 8.95. The van der Waals surface area contributed by atoms with Crippen LogP contribution in [0.3, 0.4) is 0 Å². The van der Waals surface area contributed by atoms with Crippen LogP contribution < -0.4 is 11.1 Å². The van der Waals surface area contributed by atoms with Crippen LogP contribution in [0.15, 0.2) is 18.2 Å². The van der Waals surface area contributed by atoms with Gasteiger partial charge in [-0.05, 0) is 30.5 Å². The van der Waals surface area contributed by atoms with Gasteiger partial charge in [-0.15, -0.1) is 0 Å². The van der Waals surface area contributed by atoms with E-state index in [1.165, 1.54) is 7.11 Å². The highest BCUT2D eigenvalue weighted by atomic mass is 16.5. The zero-order valence-electron chi connectivity index (χ0n) is 11.5. The van der Waals surface area contributed by atoms with Crippen LogP contribution in [-0.4, -0.2) is 31.6 Å². The van der Waals surface area contributed by atoms with Gasteiger partial charge in [0, 0.05) is 13.5 Å². The molecule has 0 saturated carbocycles. The Balaban J connectivity index is 2.84. The maximum absolute atomic E-state index is 11.5. The molecule has 5 nitrogen and oxygen atoms in total. The summed E-state index contributed by atoms with van der Waals surface area (Å²) in [5.41, 5.74) is 8.52. The smallest absolute Gasteiger partial charge is 0.246 e. The number of carbonyl (C=O) groups is 2. The molecule has 0 fully saturated rings. The Kier molecular flexibility index (Phi) is 5.51. The second-order valence-corrected chi connectivity index (χ2v) is 4.53. The number of hydrogen-bond acceptors (Lipinski definition) is 3. The summed E-state index contributed by atoms with van der Waals surface area (Å²) < 4.78 is 4.72. The van der Waals surface area contributed by atoms with E-state index in [4.69, 9.17) is 10.5 Å². The molecule has 0 aliphatic rings. The molecule has 0 aliphatic carbocycles. The number of methoxy groups -OCH3 is 1. The molecule has 0 saturated heterocycles. The summed E-state index contributed by atoms with van der Waals surface area (Å²) in [6.07, 6.45) is 0.392. The van der Waals surface area contributed by atoms with E-state index in [2.05, 4.69) is 5.32 Å². The molecule has 0 bridgehead atoms. The molecule has 0 radical (unpaired) electrons. The molecule has 1 aromatic carbocycles. The van der Waals surface area contributed by atoms with E-state index < -0.39 is 11.9 Å². The second kappa shape index (κ2) is 6.89. The Morgan fingerprint density at radius 2 is 1.89 bits per heavy atom. The largest absolute Gasteiger partial charge is 0.375 e. The Labute approximate surface area is 113 Å². The van der Waals surface area contributed by atoms with Crippen molar-refractivity contribution in [3.05, 3.63) is 34.9 Å². The van der Waals surface area contributed by atoms with Gasteiger partial charge in [-0.1, -0.05) is 18.2 Å². The SMILES string of the molecule is COCC(=O)N[C@H](Cc1c(C)cccc1C)C(N)=O. The summed E-state index contributed by atoms with van der Waals surface area (Å²) in [6, 6.07) is 5.17. The van der Waals surface area contributed by atoms with Crippen LogP contribution in [-0.2, 0) is 20.7 Å². The minimum atomic E-state index is -0.720. The summed E-state index contributed by atoms with van der Waals surface area (Å²) in [6.45, 7) is 3.85. The third kappa shape index (κ3) is 4.37. The van der Waals surface area contributed by atoms with Crippen molar-refractivity contribution in [3.8, 4) is 0 Å². The quantitative estimate of drug-likeness (QED) is 0.783. The van der Waals surface area contributed by atoms with E-state index in [1.807, 2.05) is 32.0 Å². The van der Waals surface area contributed by atoms with E-state index in [-0.39, 0.29) is 12.5 Å². The predicted molar refractivity (Wildman–Crippen MR) is 72.6 cm³/mol. The maximum atomic E-state index is 11.5. The molecule has 1 atom stereocenters. The highest BCUT2D eigenvalue weighted by molar-refractivity contribution is 5.87. The average molecular weight is 264 g/mol. The molecule has 19 heavy (non-hydrogen) atoms. The van der Waals surface area contributed by atoms with E-state index in [1.54, 1.807) is 0 Å². The van der Waals surface area contributed by atoms with Crippen LogP contribution in [0, 0.1) is 13.8 Å². The minimum Gasteiger partial charge on any atom is -0.375 e. The lowest BCUT2D eigenvalue weighted by atomic mass is 9.96. The second-order valence-electron chi connectivity index (χ2n) is 4.53. The monoisotopic (exact) mass is 264 g/mol. The molecular formula is C14H20N2O3. The molecule has 104 valence electrons. The molecule has 3 N–H and O–H groups in total. The van der Waals surface area contributed by atoms with E-state index in [9.17, 15) is 9.59 Å². The first-order valence-corrected chi connectivity index (χ1v) is 6.08. The number of nitrogens with two attached hydrogens (primary N) is 1. The van der Waals surface area contributed by atoms with Crippen molar-refractivity contribution in [2.24, 2.45) is 5.73 Å². The van der Waals surface area contributed by atoms with Crippen molar-refractivity contribution >= 4 is 11.8 Å². The number of nitrogens with one attached hydrogen (secondary N) is 1. The van der Waals surface area contributed by atoms with Gasteiger partial charge in [0.05, 0.1) is 0 Å². The van der Waals surface area contributed by atoms with Crippen LogP contribution in [0.2, 0.25) is 0 Å². The number of amides is 2. The Morgan fingerprint density at radius 1 is 1.32 bits per heavy atom. The first-order valence-electron chi connectivity index (χ1n) is 6.08. The third-order valence-electron chi connectivity index (χ3n) is 3.01. The van der Waals surface area contributed by atoms with E-state index in [0.717, 1.165) is 16.7 Å². The number of aryl methyl sites for hydroxylation is 2. The fraction of sp³-hybridized carbons (Fsp3) is 0.429. The Morgan fingerprint density at radius 3 is 2.37 bits per heavy atom. The lowest BCUT2D eigenvalue weighted by Gasteiger charge is -2.18. The highest BCUT2D eigenvalue weighted by Crippen LogP contribution is 2.15. The molecule has 0 spiro atoms. The van der Waals surface area contributed by atoms with E-state index >= 15 is 0 Å². The number of primary amides is 1. The van der Waals surface area contributed by atoms with Crippen LogP contribution >= 0.6 is 0 Å². The van der Waals surface area contributed by atoms with Gasteiger partial charge in [0.15, 0.2) is 0 Å². The summed E-state index contributed by atoms with van der Waals surface area (Å²) in [7, 11) is 1.42. The lowest BCUT2D eigenvalue weighted by Crippen LogP contribution is -2.47. The fourth-order valence-electron chi connectivity index (χ4n) is 1.96. The molecule has 1 aromatic rings. The normalized spacial score (nSPS) is 11.9. The Hall–Kier alpha value is -1.88. The molecule has 1 rings (SSSR count). The van der Waals surface area contributed by atoms with Crippen molar-refractivity contribution in [3.63, 3.8) is 0 Å². The van der Waals surface area contributed by atoms with Gasteiger partial charge in [-0.3, -0.25) is 9.59 Å². The van der Waals surface area contributed by atoms with Gasteiger partial charge in [0.25, 0.3) is 0 Å². The molecule has 0 heterocycles. The summed E-state index contributed by atoms with van der Waals surface area (Å²) in [5, 5.41) is 2.58. The van der Waals surface area contributed by atoms with Crippen LogP contribution in [0.4, 0.5) is 0 Å². The van der Waals surface area contributed by atoms with Gasteiger partial charge in [0.1, 0.15) is 12.6 Å². The highest BCUT2D eigenvalue weighted by Gasteiger charge is 2.20. The molecule has 5 heteroatoms. The molecule has 0 aromatic heterocycles. The molecular weight excluding hydrogens is 244 g/mol. The first kappa shape index (κ1) is 15.2. The van der Waals surface area contributed by atoms with Crippen LogP contribution in [0.5, 0.6) is 0 Å². The summed E-state index contributed by atoms with van der Waals surface area (Å²) in [5.74, 6) is -0.898. The van der Waals surface area contributed by atoms with Gasteiger partial charge in [-0.2, -0.15) is 0 Å². The van der Waals surface area contributed by atoms with Gasteiger partial charge < -0.3 is 15.8 Å². The van der Waals surface area contributed by atoms with Crippen LogP contribution in [0.25, 0.3) is 0 Å². The number of benzene rings is 1. The zero-order chi connectivity index (χ0) is 14.4. The lowest BCUT2D eigenvalue weighted by molar-refractivity contribution is -0.129. The number of rotatable bonds is 6. The minimum absolute atomic E-state index is 0.0868. The fourth-order valence-corrected chi connectivity index (χ4v) is 1.96. The van der Waals surface area contributed by atoms with Gasteiger partial charge >= 0.3 is 0 Å². The number of carbonyl (C=O) groups excluding carboxylic acids is 2. The summed E-state index contributed by atoms with van der Waals surface area (Å²) in [4.78, 5) is 22.9. The number of hydrogen-bond donors (Lipinski definition) is 2. The third-order valence-corrected chi connectivity index (χ3v) is 3.01. The maximum Gasteiger partial charge on any atom is 0.246 e. The van der Waals surface area contributed by atoms with Crippen molar-refractivity contribution < 1.29 is 14.3 Å². The van der Waals surface area contributed by atoms with Gasteiger partial charge in [-0.25, -0.2) is 0 Å². The van der Waals surface area contributed by atoms with Crippen molar-refractivity contribution in [2.75, 3.05) is 13.7 Å². The predicted octanol–water partition coefficient (Wildman–Crippen LogP) is 0.462. The zero-order valence-corrected chi connectivity index (χ0v) is 11.5. The average Bonchev–Trinajstić information content (AvgIpc) is 2.32. The van der Waals surface area contributed by atoms with Crippen molar-refractivity contribution in [2.45, 2.75) is 26.3 Å². The van der Waals surface area contributed by atoms with Crippen molar-refractivity contribution in [1.29, 1.82) is 0 Å². The van der Waals surface area contributed by atoms with Gasteiger partial charge in [0.2, 0.25) is 11.8 Å².